The molecule has 1 rings (SSSR count). The first-order valence-electron chi connectivity index (χ1n) is 4.60. The summed E-state index contributed by atoms with van der Waals surface area (Å²) in [6, 6.07) is 0. The van der Waals surface area contributed by atoms with Gasteiger partial charge in [-0.15, -0.1) is 0 Å². The number of ether oxygens (including phenoxy) is 2. The maximum Gasteiger partial charge on any atom is 0.170 e. The Hall–Kier alpha value is 0.230. The van der Waals surface area contributed by atoms with Crippen LogP contribution in [0, 0.1) is 0 Å². The molecule has 0 aliphatic heterocycles. The molecule has 0 aromatic rings. The summed E-state index contributed by atoms with van der Waals surface area (Å²) in [5, 5.41) is 0. The number of hydrogen-bond acceptors (Lipinski definition) is 4. The molecule has 0 radical (unpaired) electrons. The Balaban J connectivity index is 2.51. The second-order valence-electron chi connectivity index (χ2n) is 3.49. The first-order valence-corrected chi connectivity index (χ1v) is 5.59. The summed E-state index contributed by atoms with van der Waals surface area (Å²) in [4.78, 5) is 0. The van der Waals surface area contributed by atoms with E-state index in [2.05, 4.69) is 6.92 Å². The third-order valence-electron chi connectivity index (χ3n) is 2.75. The van der Waals surface area contributed by atoms with Crippen molar-refractivity contribution in [3.8, 4) is 0 Å². The summed E-state index contributed by atoms with van der Waals surface area (Å²) in [7, 11) is 3.39. The summed E-state index contributed by atoms with van der Waals surface area (Å²) < 4.78 is 10.9. The molecule has 1 saturated carbocycles. The van der Waals surface area contributed by atoms with Crippen molar-refractivity contribution in [1.82, 2.24) is 0 Å². The van der Waals surface area contributed by atoms with Crippen LogP contribution in [0.15, 0.2) is 0 Å². The summed E-state index contributed by atoms with van der Waals surface area (Å²) in [5.41, 5.74) is 5.75. The molecule has 0 saturated heterocycles. The van der Waals surface area contributed by atoms with Crippen LogP contribution in [0.2, 0.25) is 0 Å². The SMILES string of the molecule is CCSC1(CN)CC(OC)(OC)C1. The maximum atomic E-state index is 5.75. The van der Waals surface area contributed by atoms with E-state index >= 15 is 0 Å². The third kappa shape index (κ3) is 2.01. The van der Waals surface area contributed by atoms with Crippen LogP contribution in [0.1, 0.15) is 19.8 Å². The fourth-order valence-electron chi connectivity index (χ4n) is 1.91. The summed E-state index contributed by atoms with van der Waals surface area (Å²) >= 11 is 1.91. The molecule has 3 nitrogen and oxygen atoms in total. The molecule has 4 heteroatoms. The Bertz CT molecular complexity index is 163. The molecular formula is C9H19NO2S. The Morgan fingerprint density at radius 2 is 1.85 bits per heavy atom. The minimum absolute atomic E-state index is 0.195. The van der Waals surface area contributed by atoms with Gasteiger partial charge in [-0.1, -0.05) is 6.92 Å². The molecule has 1 aliphatic carbocycles. The molecule has 1 fully saturated rings. The van der Waals surface area contributed by atoms with Gasteiger partial charge in [-0.3, -0.25) is 0 Å². The third-order valence-corrected chi connectivity index (χ3v) is 4.11. The van der Waals surface area contributed by atoms with E-state index < -0.39 is 0 Å². The van der Waals surface area contributed by atoms with E-state index in [1.807, 2.05) is 11.8 Å². The molecule has 78 valence electrons. The average molecular weight is 205 g/mol. The highest BCUT2D eigenvalue weighted by Crippen LogP contribution is 2.51. The fraction of sp³-hybridized carbons (Fsp3) is 1.00. The quantitative estimate of drug-likeness (QED) is 0.685. The van der Waals surface area contributed by atoms with E-state index in [0.717, 1.165) is 18.6 Å². The minimum Gasteiger partial charge on any atom is -0.353 e. The van der Waals surface area contributed by atoms with E-state index in [1.54, 1.807) is 14.2 Å². The van der Waals surface area contributed by atoms with Gasteiger partial charge in [0.2, 0.25) is 0 Å². The minimum atomic E-state index is -0.360. The second-order valence-corrected chi connectivity index (χ2v) is 5.22. The highest BCUT2D eigenvalue weighted by Gasteiger charge is 2.55. The van der Waals surface area contributed by atoms with Crippen LogP contribution < -0.4 is 5.73 Å². The fourth-order valence-corrected chi connectivity index (χ4v) is 3.29. The lowest BCUT2D eigenvalue weighted by atomic mass is 9.77. The zero-order valence-electron chi connectivity index (χ0n) is 8.63. The zero-order chi connectivity index (χ0) is 9.95. The number of methoxy groups -OCH3 is 2. The number of thioether (sulfide) groups is 1. The second kappa shape index (κ2) is 4.17. The zero-order valence-corrected chi connectivity index (χ0v) is 9.45. The van der Waals surface area contributed by atoms with Crippen molar-refractivity contribution in [3.05, 3.63) is 0 Å². The standard InChI is InChI=1S/C9H19NO2S/c1-4-13-8(7-10)5-9(6-8,11-2)12-3/h4-7,10H2,1-3H3. The predicted molar refractivity (Wildman–Crippen MR) is 55.9 cm³/mol. The number of hydrogen-bond donors (Lipinski definition) is 1. The summed E-state index contributed by atoms with van der Waals surface area (Å²) in [6.45, 7) is 2.86. The molecule has 13 heavy (non-hydrogen) atoms. The highest BCUT2D eigenvalue weighted by molar-refractivity contribution is 8.00. The molecule has 1 aliphatic rings. The van der Waals surface area contributed by atoms with Crippen molar-refractivity contribution in [3.63, 3.8) is 0 Å². The van der Waals surface area contributed by atoms with Gasteiger partial charge in [-0.25, -0.2) is 0 Å². The topological polar surface area (TPSA) is 44.5 Å². The maximum absolute atomic E-state index is 5.75. The van der Waals surface area contributed by atoms with Gasteiger partial charge < -0.3 is 15.2 Å². The first-order chi connectivity index (χ1) is 6.16. The Labute approximate surface area is 84.3 Å². The summed E-state index contributed by atoms with van der Waals surface area (Å²) in [6.07, 6.45) is 1.81. The average Bonchev–Trinajstić information content (AvgIpc) is 2.11. The van der Waals surface area contributed by atoms with Crippen LogP contribution in [0.4, 0.5) is 0 Å². The Morgan fingerprint density at radius 3 is 2.15 bits per heavy atom. The van der Waals surface area contributed by atoms with Crippen LogP contribution in [-0.2, 0) is 9.47 Å². The van der Waals surface area contributed by atoms with E-state index in [-0.39, 0.29) is 10.5 Å². The van der Waals surface area contributed by atoms with Crippen molar-refractivity contribution >= 4 is 11.8 Å². The van der Waals surface area contributed by atoms with E-state index in [9.17, 15) is 0 Å². The molecule has 0 spiro atoms. The van der Waals surface area contributed by atoms with Crippen molar-refractivity contribution < 1.29 is 9.47 Å². The van der Waals surface area contributed by atoms with Crippen LogP contribution in [0.25, 0.3) is 0 Å². The van der Waals surface area contributed by atoms with Crippen molar-refractivity contribution in [2.75, 3.05) is 26.5 Å². The molecule has 0 aromatic heterocycles. The molecule has 0 bridgehead atoms. The smallest absolute Gasteiger partial charge is 0.170 e. The van der Waals surface area contributed by atoms with Gasteiger partial charge in [-0.2, -0.15) is 11.8 Å². The van der Waals surface area contributed by atoms with Gasteiger partial charge >= 0.3 is 0 Å². The lowest BCUT2D eigenvalue weighted by molar-refractivity contribution is -0.260. The van der Waals surface area contributed by atoms with Crippen molar-refractivity contribution in [1.29, 1.82) is 0 Å². The monoisotopic (exact) mass is 205 g/mol. The first kappa shape index (κ1) is 11.3. The van der Waals surface area contributed by atoms with Gasteiger partial charge in [0.1, 0.15) is 0 Å². The van der Waals surface area contributed by atoms with Gasteiger partial charge in [0, 0.05) is 38.4 Å². The normalized spacial score (nSPS) is 24.0. The van der Waals surface area contributed by atoms with Crippen molar-refractivity contribution in [2.45, 2.75) is 30.3 Å². The molecule has 0 amide bonds. The molecule has 0 heterocycles. The Kier molecular flexibility index (Phi) is 3.63. The van der Waals surface area contributed by atoms with Crippen LogP contribution >= 0.6 is 11.8 Å². The van der Waals surface area contributed by atoms with Crippen LogP contribution in [0.3, 0.4) is 0 Å². The lowest BCUT2D eigenvalue weighted by Crippen LogP contribution is -2.60. The molecule has 0 unspecified atom stereocenters. The highest BCUT2D eigenvalue weighted by atomic mass is 32.2. The predicted octanol–water partition coefficient (Wildman–Crippen LogP) is 1.22. The van der Waals surface area contributed by atoms with Gasteiger partial charge in [-0.05, 0) is 5.75 Å². The molecular weight excluding hydrogens is 186 g/mol. The molecule has 0 aromatic carbocycles. The number of rotatable bonds is 5. The van der Waals surface area contributed by atoms with E-state index in [1.165, 1.54) is 0 Å². The van der Waals surface area contributed by atoms with Gasteiger partial charge in [0.25, 0.3) is 0 Å². The number of nitrogens with two attached hydrogens (primary N) is 1. The van der Waals surface area contributed by atoms with Crippen molar-refractivity contribution in [2.24, 2.45) is 5.73 Å². The van der Waals surface area contributed by atoms with Gasteiger partial charge in [0.15, 0.2) is 5.79 Å². The van der Waals surface area contributed by atoms with E-state index in [4.69, 9.17) is 15.2 Å². The largest absolute Gasteiger partial charge is 0.353 e. The Morgan fingerprint density at radius 1 is 1.31 bits per heavy atom. The van der Waals surface area contributed by atoms with Crippen LogP contribution in [0.5, 0.6) is 0 Å². The molecule has 0 atom stereocenters. The lowest BCUT2D eigenvalue weighted by Gasteiger charge is -2.53. The van der Waals surface area contributed by atoms with Crippen LogP contribution in [-0.4, -0.2) is 37.1 Å². The molecule has 2 N–H and O–H groups in total. The van der Waals surface area contributed by atoms with E-state index in [0.29, 0.717) is 6.54 Å². The van der Waals surface area contributed by atoms with Gasteiger partial charge in [0.05, 0.1) is 0 Å². The summed E-state index contributed by atoms with van der Waals surface area (Å²) in [5.74, 6) is 0.738.